The largest absolute Gasteiger partial charge is 0.208 e. The fourth-order valence-corrected chi connectivity index (χ4v) is 10.2. The minimum absolute atomic E-state index is 0.220. The van der Waals surface area contributed by atoms with Crippen molar-refractivity contribution < 1.29 is 0 Å². The number of nitrogens with zero attached hydrogens (tertiary/aromatic N) is 9. The van der Waals surface area contributed by atoms with Crippen LogP contribution in [0, 0.1) is 0 Å². The Kier molecular flexibility index (Phi) is 11.0. The Hall–Kier alpha value is -10.5. The van der Waals surface area contributed by atoms with Crippen LogP contribution in [0.2, 0.25) is 0 Å². The third-order valence-corrected chi connectivity index (χ3v) is 13.7. The molecular formula is C67H41N9. The molecule has 0 aliphatic carbocycles. The summed E-state index contributed by atoms with van der Waals surface area (Å²) in [5, 5.41) is 9.07. The molecule has 9 heteroatoms. The Morgan fingerprint density at radius 3 is 0.658 bits per heavy atom. The number of fused-ring (bicyclic) bond motifs is 4. The third-order valence-electron chi connectivity index (χ3n) is 13.7. The Morgan fingerprint density at radius 2 is 0.368 bits per heavy atom. The van der Waals surface area contributed by atoms with Gasteiger partial charge in [0.25, 0.3) is 0 Å². The number of hydrogen-bond acceptors (Lipinski definition) is 9. The first kappa shape index (κ1) is 44.2. The summed E-state index contributed by atoms with van der Waals surface area (Å²) in [6, 6.07) is 85.2. The SMILES string of the molecule is c1ccc(-c2nc(-c3ccccc3)nc(-c3nc(-c4cc(-c5c6ccccc6cc6ccccc56)cc(-c5c6ccccc6cc6ccccc56)c4)nc(-c4nc(-c5ccccc5)nc(-c5ccccc5)n4)n3)n2)cc1. The van der Waals surface area contributed by atoms with E-state index in [0.717, 1.165) is 93.2 Å². The summed E-state index contributed by atoms with van der Waals surface area (Å²) < 4.78 is 0. The minimum Gasteiger partial charge on any atom is -0.208 e. The van der Waals surface area contributed by atoms with E-state index in [-0.39, 0.29) is 23.3 Å². The van der Waals surface area contributed by atoms with Gasteiger partial charge in [0.1, 0.15) is 0 Å². The summed E-state index contributed by atoms with van der Waals surface area (Å²) in [6.07, 6.45) is 0. The maximum atomic E-state index is 5.40. The van der Waals surface area contributed by atoms with Gasteiger partial charge in [-0.2, -0.15) is 0 Å². The lowest BCUT2D eigenvalue weighted by molar-refractivity contribution is 0.978. The smallest absolute Gasteiger partial charge is 0.202 e. The highest BCUT2D eigenvalue weighted by Crippen LogP contribution is 2.44. The molecule has 354 valence electrons. The van der Waals surface area contributed by atoms with Crippen LogP contribution in [0.25, 0.3) is 146 Å². The van der Waals surface area contributed by atoms with Gasteiger partial charge in [-0.1, -0.05) is 218 Å². The maximum Gasteiger partial charge on any atom is 0.202 e. The molecule has 0 aliphatic rings. The molecule has 0 fully saturated rings. The van der Waals surface area contributed by atoms with Gasteiger partial charge in [-0.3, -0.25) is 0 Å². The van der Waals surface area contributed by atoms with Gasteiger partial charge in [0, 0.05) is 27.8 Å². The van der Waals surface area contributed by atoms with Crippen LogP contribution in [0.15, 0.2) is 249 Å². The number of hydrogen-bond donors (Lipinski definition) is 0. The molecule has 11 aromatic carbocycles. The van der Waals surface area contributed by atoms with Gasteiger partial charge in [0.2, 0.25) is 23.3 Å². The molecule has 0 unspecified atom stereocenters. The van der Waals surface area contributed by atoms with Crippen LogP contribution in [-0.2, 0) is 0 Å². The molecule has 0 bridgehead atoms. The van der Waals surface area contributed by atoms with E-state index in [1.54, 1.807) is 0 Å². The summed E-state index contributed by atoms with van der Waals surface area (Å²) in [7, 11) is 0. The van der Waals surface area contributed by atoms with Gasteiger partial charge in [-0.25, -0.2) is 44.9 Å². The van der Waals surface area contributed by atoms with Crippen LogP contribution >= 0.6 is 0 Å². The lowest BCUT2D eigenvalue weighted by Crippen LogP contribution is -2.08. The van der Waals surface area contributed by atoms with Crippen LogP contribution in [0.1, 0.15) is 0 Å². The van der Waals surface area contributed by atoms with E-state index in [9.17, 15) is 0 Å². The van der Waals surface area contributed by atoms with Gasteiger partial charge in [-0.15, -0.1) is 0 Å². The molecule has 0 spiro atoms. The molecule has 0 aliphatic heterocycles. The van der Waals surface area contributed by atoms with E-state index >= 15 is 0 Å². The molecule has 9 nitrogen and oxygen atoms in total. The standard InChI is InChI=1S/C67H41N9/c1-5-21-42(22-6-1)59-68-60(43-23-7-2-8-24-43)71-64(70-59)66-74-63(75-67(76-66)65-72-61(44-25-9-3-10-26-44)69-62(73-65)45-27-11-4-12-28-45)52-40-50(57-53-33-17-13-29-46(53)37-47-30-14-18-34-54(47)57)39-51(41-52)58-55-35-19-15-31-48(55)38-49-32-16-20-36-56(49)58/h1-41H. The fourth-order valence-electron chi connectivity index (χ4n) is 10.2. The second-order valence-corrected chi connectivity index (χ2v) is 18.6. The first-order chi connectivity index (χ1) is 37.6. The normalized spacial score (nSPS) is 11.4. The molecule has 3 heterocycles. The average molecular weight is 972 g/mol. The van der Waals surface area contributed by atoms with Crippen molar-refractivity contribution >= 4 is 43.1 Å². The van der Waals surface area contributed by atoms with Crippen molar-refractivity contribution in [3.05, 3.63) is 249 Å². The topological polar surface area (TPSA) is 116 Å². The summed E-state index contributed by atoms with van der Waals surface area (Å²) in [4.78, 5) is 46.6. The van der Waals surface area contributed by atoms with Crippen molar-refractivity contribution in [3.63, 3.8) is 0 Å². The van der Waals surface area contributed by atoms with Gasteiger partial charge in [0.15, 0.2) is 29.1 Å². The summed E-state index contributed by atoms with van der Waals surface area (Å²) in [5.41, 5.74) is 8.21. The predicted molar refractivity (Wildman–Crippen MR) is 306 cm³/mol. The molecule has 14 rings (SSSR count). The third kappa shape index (κ3) is 8.24. The van der Waals surface area contributed by atoms with E-state index in [1.807, 2.05) is 121 Å². The monoisotopic (exact) mass is 971 g/mol. The predicted octanol–water partition coefficient (Wildman–Crippen LogP) is 15.9. The highest BCUT2D eigenvalue weighted by Gasteiger charge is 2.23. The number of benzene rings is 11. The van der Waals surface area contributed by atoms with Gasteiger partial charge >= 0.3 is 0 Å². The Balaban J connectivity index is 1.09. The Bertz CT molecular complexity index is 4010. The Morgan fingerprint density at radius 1 is 0.158 bits per heavy atom. The minimum atomic E-state index is 0.220. The molecule has 0 saturated carbocycles. The lowest BCUT2D eigenvalue weighted by atomic mass is 9.87. The first-order valence-electron chi connectivity index (χ1n) is 25.1. The highest BCUT2D eigenvalue weighted by atomic mass is 15.1. The number of aromatic nitrogens is 9. The van der Waals surface area contributed by atoms with Crippen LogP contribution in [0.3, 0.4) is 0 Å². The van der Waals surface area contributed by atoms with Crippen LogP contribution in [0.4, 0.5) is 0 Å². The zero-order valence-corrected chi connectivity index (χ0v) is 40.7. The van der Waals surface area contributed by atoms with Gasteiger partial charge in [0.05, 0.1) is 0 Å². The second-order valence-electron chi connectivity index (χ2n) is 18.6. The van der Waals surface area contributed by atoms with Crippen molar-refractivity contribution in [2.45, 2.75) is 0 Å². The summed E-state index contributed by atoms with van der Waals surface area (Å²) >= 11 is 0. The Labute approximate surface area is 437 Å². The van der Waals surface area contributed by atoms with E-state index < -0.39 is 0 Å². The summed E-state index contributed by atoms with van der Waals surface area (Å²) in [6.45, 7) is 0. The zero-order valence-electron chi connectivity index (χ0n) is 40.7. The molecule has 0 radical (unpaired) electrons. The van der Waals surface area contributed by atoms with E-state index in [1.165, 1.54) is 0 Å². The van der Waals surface area contributed by atoms with E-state index in [2.05, 4.69) is 127 Å². The molecule has 14 aromatic rings. The van der Waals surface area contributed by atoms with Crippen LogP contribution in [-0.4, -0.2) is 44.9 Å². The van der Waals surface area contributed by atoms with E-state index in [4.69, 9.17) is 44.9 Å². The quantitative estimate of drug-likeness (QED) is 0.130. The maximum absolute atomic E-state index is 5.40. The lowest BCUT2D eigenvalue weighted by Gasteiger charge is -2.17. The molecule has 76 heavy (non-hydrogen) atoms. The van der Waals surface area contributed by atoms with Crippen molar-refractivity contribution in [2.24, 2.45) is 0 Å². The summed E-state index contributed by atoms with van der Waals surface area (Å²) in [5.74, 6) is 3.23. The first-order valence-corrected chi connectivity index (χ1v) is 25.1. The van der Waals surface area contributed by atoms with E-state index in [0.29, 0.717) is 29.1 Å². The zero-order chi connectivity index (χ0) is 50.4. The fraction of sp³-hybridized carbons (Fsp3) is 0. The molecule has 0 N–H and O–H groups in total. The van der Waals surface area contributed by atoms with Crippen LogP contribution in [0.5, 0.6) is 0 Å². The van der Waals surface area contributed by atoms with Crippen molar-refractivity contribution in [2.75, 3.05) is 0 Å². The van der Waals surface area contributed by atoms with Crippen LogP contribution < -0.4 is 0 Å². The van der Waals surface area contributed by atoms with Gasteiger partial charge < -0.3 is 0 Å². The van der Waals surface area contributed by atoms with Crippen molar-refractivity contribution in [3.8, 4) is 102 Å². The second kappa shape index (κ2) is 18.8. The number of rotatable bonds is 9. The average Bonchev–Trinajstić information content (AvgIpc) is 3.50. The van der Waals surface area contributed by atoms with Crippen molar-refractivity contribution in [1.82, 2.24) is 44.9 Å². The molecule has 0 saturated heterocycles. The molecule has 3 aromatic heterocycles. The molecular weight excluding hydrogens is 931 g/mol. The highest BCUT2D eigenvalue weighted by molar-refractivity contribution is 6.16. The van der Waals surface area contributed by atoms with Crippen molar-refractivity contribution in [1.29, 1.82) is 0 Å². The molecule has 0 amide bonds. The molecule has 0 atom stereocenters. The van der Waals surface area contributed by atoms with Gasteiger partial charge in [-0.05, 0) is 95.7 Å².